The summed E-state index contributed by atoms with van der Waals surface area (Å²) in [6, 6.07) is 7.96. The molecule has 6 nitrogen and oxygen atoms in total. The third kappa shape index (κ3) is 3.39. The minimum Gasteiger partial charge on any atom is -0.461 e. The fourth-order valence-electron chi connectivity index (χ4n) is 3.07. The van der Waals surface area contributed by atoms with Crippen LogP contribution in [0.2, 0.25) is 0 Å². The van der Waals surface area contributed by atoms with Crippen LogP contribution in [0.4, 0.5) is 5.82 Å². The lowest BCUT2D eigenvalue weighted by Crippen LogP contribution is -2.31. The summed E-state index contributed by atoms with van der Waals surface area (Å²) in [5.74, 6) is 2.37. The minimum absolute atomic E-state index is 0.667. The van der Waals surface area contributed by atoms with Crippen molar-refractivity contribution in [2.45, 2.75) is 19.5 Å². The Bertz CT molecular complexity index is 843. The molecule has 0 N–H and O–H groups in total. The van der Waals surface area contributed by atoms with Gasteiger partial charge in [-0.1, -0.05) is 6.07 Å². The smallest absolute Gasteiger partial charge is 0.195 e. The molecule has 3 aromatic rings. The second-order valence-electron chi connectivity index (χ2n) is 6.52. The van der Waals surface area contributed by atoms with Gasteiger partial charge in [-0.25, -0.2) is 15.0 Å². The van der Waals surface area contributed by atoms with E-state index in [1.54, 1.807) is 6.26 Å². The van der Waals surface area contributed by atoms with Crippen molar-refractivity contribution in [3.8, 4) is 11.6 Å². The maximum Gasteiger partial charge on any atom is 0.195 e. The number of hydrogen-bond donors (Lipinski definition) is 0. The van der Waals surface area contributed by atoms with Gasteiger partial charge >= 0.3 is 0 Å². The average Bonchev–Trinajstić information content (AvgIpc) is 3.16. The predicted molar refractivity (Wildman–Crippen MR) is 96.1 cm³/mol. The molecule has 0 saturated carbocycles. The first-order valence-electron chi connectivity index (χ1n) is 8.42. The highest BCUT2D eigenvalue weighted by Gasteiger charge is 2.19. The number of fused-ring (bicyclic) bond motifs is 1. The summed E-state index contributed by atoms with van der Waals surface area (Å²) in [6.45, 7) is 2.74. The Morgan fingerprint density at radius 2 is 2.08 bits per heavy atom. The highest BCUT2D eigenvalue weighted by atomic mass is 16.3. The number of nitrogens with zero attached hydrogens (tertiary/aromatic N) is 5. The van der Waals surface area contributed by atoms with E-state index in [0.717, 1.165) is 43.3 Å². The highest BCUT2D eigenvalue weighted by Crippen LogP contribution is 2.22. The predicted octanol–water partition coefficient (Wildman–Crippen LogP) is 2.76. The standard InChI is InChI=1S/C19H21N5O/c1-23(2)18-6-5-14(10-20-18)12-24-8-7-16-15(13-24)11-21-19(22-16)17-4-3-9-25-17/h3-6,9-11H,7-8,12-13H2,1-2H3. The van der Waals surface area contributed by atoms with Gasteiger partial charge in [-0.05, 0) is 23.8 Å². The summed E-state index contributed by atoms with van der Waals surface area (Å²) in [4.78, 5) is 18.0. The van der Waals surface area contributed by atoms with E-state index in [1.807, 2.05) is 43.5 Å². The van der Waals surface area contributed by atoms with E-state index < -0.39 is 0 Å². The van der Waals surface area contributed by atoms with Crippen molar-refractivity contribution in [1.29, 1.82) is 0 Å². The Hall–Kier alpha value is -2.73. The molecule has 0 radical (unpaired) electrons. The SMILES string of the molecule is CN(C)c1ccc(CN2CCc3nc(-c4ccco4)ncc3C2)cn1. The van der Waals surface area contributed by atoms with Crippen molar-refractivity contribution >= 4 is 5.82 Å². The molecule has 0 aliphatic carbocycles. The van der Waals surface area contributed by atoms with Gasteiger partial charge in [0.05, 0.1) is 12.0 Å². The van der Waals surface area contributed by atoms with Gasteiger partial charge in [-0.2, -0.15) is 0 Å². The maximum absolute atomic E-state index is 5.39. The molecular formula is C19H21N5O. The highest BCUT2D eigenvalue weighted by molar-refractivity contribution is 5.47. The summed E-state index contributed by atoms with van der Waals surface area (Å²) < 4.78 is 5.39. The topological polar surface area (TPSA) is 58.3 Å². The fourth-order valence-corrected chi connectivity index (χ4v) is 3.07. The molecule has 0 amide bonds. The lowest BCUT2D eigenvalue weighted by molar-refractivity contribution is 0.242. The molecule has 0 bridgehead atoms. The molecule has 1 aliphatic rings. The monoisotopic (exact) mass is 335 g/mol. The third-order valence-corrected chi connectivity index (χ3v) is 4.43. The van der Waals surface area contributed by atoms with E-state index >= 15 is 0 Å². The van der Waals surface area contributed by atoms with Crippen LogP contribution in [0.3, 0.4) is 0 Å². The van der Waals surface area contributed by atoms with E-state index in [9.17, 15) is 0 Å². The molecule has 6 heteroatoms. The second kappa shape index (κ2) is 6.64. The zero-order valence-corrected chi connectivity index (χ0v) is 14.5. The van der Waals surface area contributed by atoms with Crippen LogP contribution in [0.15, 0.2) is 47.3 Å². The first-order valence-corrected chi connectivity index (χ1v) is 8.42. The van der Waals surface area contributed by atoms with Gasteiger partial charge in [0.2, 0.25) is 0 Å². The van der Waals surface area contributed by atoms with E-state index in [2.05, 4.69) is 32.0 Å². The van der Waals surface area contributed by atoms with Gasteiger partial charge in [0.15, 0.2) is 11.6 Å². The number of furan rings is 1. The molecule has 4 rings (SSSR count). The lowest BCUT2D eigenvalue weighted by Gasteiger charge is -2.28. The number of anilines is 1. The van der Waals surface area contributed by atoms with Crippen molar-refractivity contribution in [3.63, 3.8) is 0 Å². The van der Waals surface area contributed by atoms with E-state index in [4.69, 9.17) is 4.42 Å². The summed E-state index contributed by atoms with van der Waals surface area (Å²) in [7, 11) is 4.00. The second-order valence-corrected chi connectivity index (χ2v) is 6.52. The molecule has 0 unspecified atom stereocenters. The molecular weight excluding hydrogens is 314 g/mol. The van der Waals surface area contributed by atoms with Crippen LogP contribution in [0.1, 0.15) is 16.8 Å². The Kier molecular flexibility index (Phi) is 4.19. The summed E-state index contributed by atoms with van der Waals surface area (Å²) >= 11 is 0. The van der Waals surface area contributed by atoms with Gasteiger partial charge in [-0.3, -0.25) is 4.90 Å². The Morgan fingerprint density at radius 1 is 1.16 bits per heavy atom. The van der Waals surface area contributed by atoms with Crippen LogP contribution in [0.25, 0.3) is 11.6 Å². The van der Waals surface area contributed by atoms with Crippen LogP contribution in [-0.2, 0) is 19.5 Å². The van der Waals surface area contributed by atoms with Crippen LogP contribution in [0.5, 0.6) is 0 Å². The van der Waals surface area contributed by atoms with Crippen molar-refractivity contribution in [1.82, 2.24) is 19.9 Å². The molecule has 0 fully saturated rings. The van der Waals surface area contributed by atoms with Crippen LogP contribution in [-0.4, -0.2) is 40.5 Å². The van der Waals surface area contributed by atoms with Crippen LogP contribution >= 0.6 is 0 Å². The third-order valence-electron chi connectivity index (χ3n) is 4.43. The van der Waals surface area contributed by atoms with Gasteiger partial charge in [-0.15, -0.1) is 0 Å². The summed E-state index contributed by atoms with van der Waals surface area (Å²) in [5, 5.41) is 0. The van der Waals surface area contributed by atoms with Crippen molar-refractivity contribution in [2.75, 3.05) is 25.5 Å². The lowest BCUT2D eigenvalue weighted by atomic mass is 10.1. The van der Waals surface area contributed by atoms with E-state index in [1.165, 1.54) is 11.1 Å². The van der Waals surface area contributed by atoms with Gasteiger partial charge in [0.1, 0.15) is 5.82 Å². The maximum atomic E-state index is 5.39. The van der Waals surface area contributed by atoms with E-state index in [-0.39, 0.29) is 0 Å². The molecule has 0 spiro atoms. The van der Waals surface area contributed by atoms with Gasteiger partial charge in [0.25, 0.3) is 0 Å². The number of aromatic nitrogens is 3. The summed E-state index contributed by atoms with van der Waals surface area (Å²) in [5.41, 5.74) is 3.54. The molecule has 0 saturated heterocycles. The molecule has 25 heavy (non-hydrogen) atoms. The normalized spacial score (nSPS) is 14.3. The fraction of sp³-hybridized carbons (Fsp3) is 0.316. The van der Waals surface area contributed by atoms with Crippen molar-refractivity contribution in [2.24, 2.45) is 0 Å². The van der Waals surface area contributed by atoms with Crippen molar-refractivity contribution < 1.29 is 4.42 Å². The average molecular weight is 335 g/mol. The van der Waals surface area contributed by atoms with Crippen LogP contribution < -0.4 is 4.90 Å². The first kappa shape index (κ1) is 15.8. The Morgan fingerprint density at radius 3 is 2.80 bits per heavy atom. The Balaban J connectivity index is 1.46. The zero-order chi connectivity index (χ0) is 17.2. The van der Waals surface area contributed by atoms with Crippen molar-refractivity contribution in [3.05, 3.63) is 59.7 Å². The summed E-state index contributed by atoms with van der Waals surface area (Å²) in [6.07, 6.45) is 6.46. The van der Waals surface area contributed by atoms with Gasteiger partial charge in [0, 0.05) is 58.1 Å². The van der Waals surface area contributed by atoms with E-state index in [0.29, 0.717) is 5.82 Å². The van der Waals surface area contributed by atoms with Gasteiger partial charge < -0.3 is 9.32 Å². The zero-order valence-electron chi connectivity index (χ0n) is 14.5. The molecule has 4 heterocycles. The quantitative estimate of drug-likeness (QED) is 0.731. The molecule has 1 aliphatic heterocycles. The number of rotatable bonds is 4. The molecule has 3 aromatic heterocycles. The number of hydrogen-bond acceptors (Lipinski definition) is 6. The Labute approximate surface area is 147 Å². The molecule has 0 atom stereocenters. The largest absolute Gasteiger partial charge is 0.461 e. The minimum atomic E-state index is 0.667. The molecule has 128 valence electrons. The van der Waals surface area contributed by atoms with Crippen LogP contribution in [0, 0.1) is 0 Å². The molecule has 0 aromatic carbocycles. The number of pyridine rings is 1. The first-order chi connectivity index (χ1) is 12.2.